The number of aliphatic hydroxyl groups is 1. The van der Waals surface area contributed by atoms with Gasteiger partial charge in [-0.05, 0) is 30.7 Å². The maximum absolute atomic E-state index is 13.2. The molecule has 0 amide bonds. The fourth-order valence-corrected chi connectivity index (χ4v) is 1.99. The number of nitrogens with two attached hydrogens (primary N) is 1. The normalized spacial score (nSPS) is 11.3. The summed E-state index contributed by atoms with van der Waals surface area (Å²) in [5.74, 6) is -1.03. The fraction of sp³-hybridized carbons (Fsp3) is 0.267. The summed E-state index contributed by atoms with van der Waals surface area (Å²) in [6, 6.07) is 4.61. The van der Waals surface area contributed by atoms with Crippen LogP contribution >= 0.6 is 0 Å². The first-order valence-corrected chi connectivity index (χ1v) is 7.02. The number of halogens is 3. The van der Waals surface area contributed by atoms with Gasteiger partial charge in [0.15, 0.2) is 0 Å². The average molecular weight is 340 g/mol. The number of aromatic nitrogens is 2. The molecule has 0 saturated heterocycles. The number of alkyl halides is 3. The number of aliphatic hydroxyl groups excluding tert-OH is 1. The number of nitrogen functional groups attached to an aromatic ring is 1. The molecule has 0 fully saturated rings. The molecule has 0 aliphatic rings. The van der Waals surface area contributed by atoms with E-state index in [1.807, 2.05) is 0 Å². The summed E-state index contributed by atoms with van der Waals surface area (Å²) in [7, 11) is 0. The van der Waals surface area contributed by atoms with Gasteiger partial charge in [0.2, 0.25) is 5.78 Å². The van der Waals surface area contributed by atoms with Gasteiger partial charge in [0.1, 0.15) is 17.3 Å². The van der Waals surface area contributed by atoms with Crippen molar-refractivity contribution in [2.45, 2.75) is 12.6 Å². The minimum absolute atomic E-state index is 0.0777. The quantitative estimate of drug-likeness (QED) is 0.550. The van der Waals surface area contributed by atoms with Crippen LogP contribution in [0, 0.1) is 0 Å². The van der Waals surface area contributed by atoms with Gasteiger partial charge in [0.05, 0.1) is 11.1 Å². The summed E-state index contributed by atoms with van der Waals surface area (Å²) in [6.07, 6.45) is -3.02. The molecule has 0 unspecified atom stereocenters. The van der Waals surface area contributed by atoms with Crippen LogP contribution in [0.5, 0.6) is 0 Å². The van der Waals surface area contributed by atoms with E-state index >= 15 is 0 Å². The topological polar surface area (TPSA) is 101 Å². The van der Waals surface area contributed by atoms with Crippen LogP contribution in [0.25, 0.3) is 0 Å². The number of ketones is 1. The number of hydrogen-bond donors (Lipinski definition) is 3. The Morgan fingerprint density at radius 2 is 2.04 bits per heavy atom. The molecule has 2 heterocycles. The number of carbonyl (C=O) groups excluding carboxylic acids is 1. The van der Waals surface area contributed by atoms with Crippen LogP contribution in [0.3, 0.4) is 0 Å². The third-order valence-electron chi connectivity index (χ3n) is 3.14. The molecule has 0 aliphatic heterocycles. The summed E-state index contributed by atoms with van der Waals surface area (Å²) in [5.41, 5.74) is 3.52. The first-order valence-electron chi connectivity index (χ1n) is 7.02. The Hall–Kier alpha value is -2.68. The number of nitrogens with one attached hydrogen (secondary N) is 1. The van der Waals surface area contributed by atoms with Gasteiger partial charge in [0, 0.05) is 19.3 Å². The van der Waals surface area contributed by atoms with Gasteiger partial charge in [-0.3, -0.25) is 4.79 Å². The third-order valence-corrected chi connectivity index (χ3v) is 3.14. The highest BCUT2D eigenvalue weighted by Gasteiger charge is 2.37. The van der Waals surface area contributed by atoms with Gasteiger partial charge in [-0.2, -0.15) is 13.2 Å². The van der Waals surface area contributed by atoms with E-state index in [1.54, 1.807) is 0 Å². The average Bonchev–Trinajstić information content (AvgIpc) is 2.54. The maximum atomic E-state index is 13.2. The van der Waals surface area contributed by atoms with E-state index < -0.39 is 23.2 Å². The van der Waals surface area contributed by atoms with Crippen molar-refractivity contribution < 1.29 is 23.1 Å². The molecule has 0 saturated carbocycles. The smallest absolute Gasteiger partial charge is 0.396 e. The monoisotopic (exact) mass is 340 g/mol. The summed E-state index contributed by atoms with van der Waals surface area (Å²) in [6.45, 7) is 0.225. The number of carbonyl (C=O) groups is 1. The Labute approximate surface area is 135 Å². The molecule has 0 bridgehead atoms. The van der Waals surface area contributed by atoms with E-state index in [-0.39, 0.29) is 23.8 Å². The zero-order valence-electron chi connectivity index (χ0n) is 12.5. The summed E-state index contributed by atoms with van der Waals surface area (Å²) >= 11 is 0. The lowest BCUT2D eigenvalue weighted by atomic mass is 10.0. The molecule has 9 heteroatoms. The van der Waals surface area contributed by atoms with E-state index in [0.717, 1.165) is 12.1 Å². The van der Waals surface area contributed by atoms with Crippen LogP contribution in [0.1, 0.15) is 28.0 Å². The predicted molar refractivity (Wildman–Crippen MR) is 81.5 cm³/mol. The van der Waals surface area contributed by atoms with Crippen molar-refractivity contribution in [3.8, 4) is 0 Å². The number of nitrogens with zero attached hydrogens (tertiary/aromatic N) is 2. The first kappa shape index (κ1) is 17.7. The molecule has 0 spiro atoms. The molecular formula is C15H15F3N4O2. The second-order valence-corrected chi connectivity index (χ2v) is 4.86. The van der Waals surface area contributed by atoms with Gasteiger partial charge in [-0.1, -0.05) is 0 Å². The SMILES string of the molecule is Nc1ncccc1C(=O)c1nc(NCCCO)ccc1C(F)(F)F. The Bertz CT molecular complexity index is 735. The standard InChI is InChI=1S/C15H15F3N4O2/c16-15(17,18)10-4-5-11(20-7-2-8-23)22-12(10)13(24)9-3-1-6-21-14(9)19/h1,3-6,23H,2,7-8H2,(H2,19,21)(H,20,22). The van der Waals surface area contributed by atoms with Crippen molar-refractivity contribution in [3.05, 3.63) is 47.3 Å². The maximum Gasteiger partial charge on any atom is 0.418 e. The second-order valence-electron chi connectivity index (χ2n) is 4.86. The second kappa shape index (κ2) is 7.26. The molecule has 6 nitrogen and oxygen atoms in total. The molecule has 2 aromatic rings. The Morgan fingerprint density at radius 3 is 2.67 bits per heavy atom. The van der Waals surface area contributed by atoms with Crippen LogP contribution in [0.15, 0.2) is 30.5 Å². The molecule has 0 aromatic carbocycles. The Kier molecular flexibility index (Phi) is 5.35. The summed E-state index contributed by atoms with van der Waals surface area (Å²) < 4.78 is 39.5. The zero-order valence-corrected chi connectivity index (χ0v) is 12.5. The van der Waals surface area contributed by atoms with E-state index in [1.165, 1.54) is 18.3 Å². The summed E-state index contributed by atoms with van der Waals surface area (Å²) in [4.78, 5) is 20.0. The minimum atomic E-state index is -4.74. The molecule has 0 aliphatic carbocycles. The third kappa shape index (κ3) is 3.99. The largest absolute Gasteiger partial charge is 0.418 e. The van der Waals surface area contributed by atoms with Crippen LogP contribution in [-0.4, -0.2) is 34.0 Å². The van der Waals surface area contributed by atoms with Gasteiger partial charge in [-0.25, -0.2) is 9.97 Å². The molecular weight excluding hydrogens is 325 g/mol. The van der Waals surface area contributed by atoms with E-state index in [0.29, 0.717) is 13.0 Å². The van der Waals surface area contributed by atoms with E-state index in [2.05, 4.69) is 15.3 Å². The van der Waals surface area contributed by atoms with Gasteiger partial charge in [0.25, 0.3) is 0 Å². The zero-order chi connectivity index (χ0) is 17.7. The van der Waals surface area contributed by atoms with Crippen LogP contribution in [0.2, 0.25) is 0 Å². The van der Waals surface area contributed by atoms with Crippen molar-refractivity contribution >= 4 is 17.4 Å². The van der Waals surface area contributed by atoms with Crippen molar-refractivity contribution in [2.75, 3.05) is 24.2 Å². The van der Waals surface area contributed by atoms with Crippen LogP contribution in [0.4, 0.5) is 24.8 Å². The Morgan fingerprint density at radius 1 is 1.29 bits per heavy atom. The van der Waals surface area contributed by atoms with Crippen molar-refractivity contribution in [1.29, 1.82) is 0 Å². The fourth-order valence-electron chi connectivity index (χ4n) is 1.99. The highest BCUT2D eigenvalue weighted by Crippen LogP contribution is 2.33. The number of hydrogen-bond acceptors (Lipinski definition) is 6. The lowest BCUT2D eigenvalue weighted by Crippen LogP contribution is -2.18. The molecule has 0 radical (unpaired) electrons. The van der Waals surface area contributed by atoms with Crippen molar-refractivity contribution in [2.24, 2.45) is 0 Å². The predicted octanol–water partition coefficient (Wildman–Crippen LogP) is 2.10. The van der Waals surface area contributed by atoms with Crippen molar-refractivity contribution in [1.82, 2.24) is 9.97 Å². The van der Waals surface area contributed by atoms with Gasteiger partial charge < -0.3 is 16.2 Å². The van der Waals surface area contributed by atoms with Crippen molar-refractivity contribution in [3.63, 3.8) is 0 Å². The first-order chi connectivity index (χ1) is 11.3. The number of anilines is 2. The highest BCUT2D eigenvalue weighted by atomic mass is 19.4. The lowest BCUT2D eigenvalue weighted by molar-refractivity contribution is -0.138. The van der Waals surface area contributed by atoms with Gasteiger partial charge in [-0.15, -0.1) is 0 Å². The van der Waals surface area contributed by atoms with E-state index in [4.69, 9.17) is 10.8 Å². The molecule has 4 N–H and O–H groups in total. The molecule has 24 heavy (non-hydrogen) atoms. The number of pyridine rings is 2. The van der Waals surface area contributed by atoms with Crippen LogP contribution in [-0.2, 0) is 6.18 Å². The summed E-state index contributed by atoms with van der Waals surface area (Å²) in [5, 5.41) is 11.5. The lowest BCUT2D eigenvalue weighted by Gasteiger charge is -2.14. The molecule has 0 atom stereocenters. The van der Waals surface area contributed by atoms with Crippen LogP contribution < -0.4 is 11.1 Å². The highest BCUT2D eigenvalue weighted by molar-refractivity contribution is 6.11. The minimum Gasteiger partial charge on any atom is -0.396 e. The molecule has 2 aromatic heterocycles. The molecule has 128 valence electrons. The molecule has 2 rings (SSSR count). The number of rotatable bonds is 6. The van der Waals surface area contributed by atoms with Gasteiger partial charge >= 0.3 is 6.18 Å². The Balaban J connectivity index is 2.46. The van der Waals surface area contributed by atoms with E-state index in [9.17, 15) is 18.0 Å².